The van der Waals surface area contributed by atoms with Gasteiger partial charge in [0.25, 0.3) is 21.7 Å². The maximum Gasteiger partial charge on any atom is 0.298 e. The van der Waals surface area contributed by atoms with Crippen molar-refractivity contribution in [1.29, 1.82) is 0 Å². The average Bonchev–Trinajstić information content (AvgIpc) is 3.68. The summed E-state index contributed by atoms with van der Waals surface area (Å²) in [5.74, 6) is -1.19. The second-order valence-corrected chi connectivity index (χ2v) is 10.9. The smallest absolute Gasteiger partial charge is 0.298 e. The van der Waals surface area contributed by atoms with Crippen LogP contribution in [0.15, 0.2) is 41.2 Å². The number of aromatic nitrogens is 1. The number of hydrogen-bond acceptors (Lipinski definition) is 6. The molecule has 4 N–H and O–H groups in total. The fourth-order valence-corrected chi connectivity index (χ4v) is 4.54. The normalized spacial score (nSPS) is 13.2. The fraction of sp³-hybridized carbons (Fsp3) is 0.280. The minimum Gasteiger partial charge on any atom is -0.454 e. The van der Waals surface area contributed by atoms with Gasteiger partial charge in [-0.15, -0.1) is 0 Å². The average molecular weight is 564 g/mol. The summed E-state index contributed by atoms with van der Waals surface area (Å²) in [6.07, 6.45) is 1.61. The van der Waals surface area contributed by atoms with Crippen LogP contribution in [-0.2, 0) is 17.3 Å². The standard InChI is InChI=1S/C25H27ClFN5O5S/c1-13-8-11-17(16(27)12-13)30-23-20(24(33)29-15-9-10-15)22(14(2)25(34)32(23)4)37-19-7-5-6-18(21(19)26)31-38(35,36)28-3/h5-8,11-12,15,28,30-31H,9-10H2,1-4H3,(H,29,33). The van der Waals surface area contributed by atoms with Crippen LogP contribution < -0.4 is 30.4 Å². The third-order valence-electron chi connectivity index (χ3n) is 5.97. The van der Waals surface area contributed by atoms with Crippen LogP contribution in [-0.4, -0.2) is 32.0 Å². The van der Waals surface area contributed by atoms with Crippen LogP contribution in [0.2, 0.25) is 5.02 Å². The van der Waals surface area contributed by atoms with Crippen LogP contribution in [0, 0.1) is 19.7 Å². The molecular formula is C25H27ClFN5O5S. The van der Waals surface area contributed by atoms with Crippen LogP contribution in [0.25, 0.3) is 0 Å². The molecule has 1 fully saturated rings. The number of rotatable bonds is 9. The molecule has 1 aliphatic rings. The maximum atomic E-state index is 14.7. The summed E-state index contributed by atoms with van der Waals surface area (Å²) in [7, 11) is -1.19. The molecule has 0 atom stereocenters. The highest BCUT2D eigenvalue weighted by molar-refractivity contribution is 7.90. The van der Waals surface area contributed by atoms with Crippen molar-refractivity contribution >= 4 is 44.9 Å². The molecule has 0 radical (unpaired) electrons. The molecule has 0 saturated heterocycles. The van der Waals surface area contributed by atoms with E-state index in [4.69, 9.17) is 16.3 Å². The van der Waals surface area contributed by atoms with Crippen LogP contribution in [0.1, 0.15) is 34.3 Å². The van der Waals surface area contributed by atoms with Gasteiger partial charge >= 0.3 is 0 Å². The summed E-state index contributed by atoms with van der Waals surface area (Å²) in [5.41, 5.74) is 0.340. The van der Waals surface area contributed by atoms with Crippen LogP contribution in [0.3, 0.4) is 0 Å². The number of carbonyl (C=O) groups excluding carboxylic acids is 1. The number of hydrogen-bond donors (Lipinski definition) is 4. The molecular weight excluding hydrogens is 537 g/mol. The maximum absolute atomic E-state index is 14.7. The molecule has 3 aromatic rings. The number of nitrogens with one attached hydrogen (secondary N) is 4. The third-order valence-corrected chi connectivity index (χ3v) is 7.39. The van der Waals surface area contributed by atoms with E-state index in [-0.39, 0.29) is 50.9 Å². The van der Waals surface area contributed by atoms with Gasteiger partial charge in [0.05, 0.1) is 16.9 Å². The van der Waals surface area contributed by atoms with E-state index in [1.165, 1.54) is 55.9 Å². The summed E-state index contributed by atoms with van der Waals surface area (Å²) in [4.78, 5) is 26.7. The van der Waals surface area contributed by atoms with E-state index >= 15 is 0 Å². The zero-order valence-corrected chi connectivity index (χ0v) is 22.7. The van der Waals surface area contributed by atoms with Crippen LogP contribution in [0.4, 0.5) is 21.6 Å². The number of carbonyl (C=O) groups is 1. The largest absolute Gasteiger partial charge is 0.454 e. The van der Waals surface area contributed by atoms with Gasteiger partial charge in [0.15, 0.2) is 5.75 Å². The van der Waals surface area contributed by atoms with Crippen molar-refractivity contribution < 1.29 is 22.3 Å². The number of halogens is 2. The molecule has 1 amide bonds. The lowest BCUT2D eigenvalue weighted by molar-refractivity contribution is 0.0948. The number of ether oxygens (including phenoxy) is 1. The van der Waals surface area contributed by atoms with E-state index in [1.54, 1.807) is 13.0 Å². The molecule has 2 aromatic carbocycles. The number of anilines is 3. The molecule has 0 spiro atoms. The van der Waals surface area contributed by atoms with Crippen molar-refractivity contribution in [2.75, 3.05) is 17.1 Å². The Morgan fingerprint density at radius 3 is 2.50 bits per heavy atom. The molecule has 38 heavy (non-hydrogen) atoms. The van der Waals surface area contributed by atoms with Crippen molar-refractivity contribution in [3.05, 3.63) is 74.3 Å². The second kappa shape index (κ2) is 10.6. The van der Waals surface area contributed by atoms with Crippen molar-refractivity contribution in [3.8, 4) is 11.5 Å². The monoisotopic (exact) mass is 563 g/mol. The lowest BCUT2D eigenvalue weighted by atomic mass is 10.1. The van der Waals surface area contributed by atoms with Crippen molar-refractivity contribution in [2.24, 2.45) is 7.05 Å². The van der Waals surface area contributed by atoms with E-state index in [2.05, 4.69) is 20.1 Å². The highest BCUT2D eigenvalue weighted by Crippen LogP contribution is 2.39. The zero-order valence-electron chi connectivity index (χ0n) is 21.1. The first kappa shape index (κ1) is 27.4. The topological polar surface area (TPSA) is 131 Å². The first-order chi connectivity index (χ1) is 17.9. The van der Waals surface area contributed by atoms with Crippen molar-refractivity contribution in [3.63, 3.8) is 0 Å². The Balaban J connectivity index is 1.87. The van der Waals surface area contributed by atoms with Gasteiger partial charge in [-0.2, -0.15) is 8.42 Å². The van der Waals surface area contributed by atoms with Crippen molar-refractivity contribution in [1.82, 2.24) is 14.6 Å². The van der Waals surface area contributed by atoms with E-state index in [9.17, 15) is 22.4 Å². The SMILES string of the molecule is CNS(=O)(=O)Nc1cccc(Oc2c(C(=O)NC3CC3)c(Nc3ccc(C)cc3F)n(C)c(=O)c2C)c1Cl. The van der Waals surface area contributed by atoms with Crippen LogP contribution >= 0.6 is 11.6 Å². The van der Waals surface area contributed by atoms with Gasteiger partial charge < -0.3 is 15.4 Å². The van der Waals surface area contributed by atoms with Gasteiger partial charge in [-0.3, -0.25) is 18.9 Å². The molecule has 1 aliphatic carbocycles. The van der Waals surface area contributed by atoms with Gasteiger partial charge in [0.1, 0.15) is 28.0 Å². The molecule has 0 bridgehead atoms. The molecule has 10 nitrogen and oxygen atoms in total. The molecule has 0 unspecified atom stereocenters. The Bertz CT molecular complexity index is 1590. The quantitative estimate of drug-likeness (QED) is 0.310. The molecule has 1 saturated carbocycles. The van der Waals surface area contributed by atoms with Gasteiger partial charge in [0.2, 0.25) is 0 Å². The number of pyridine rings is 1. The Hall–Kier alpha value is -3.61. The molecule has 1 heterocycles. The van der Waals surface area contributed by atoms with E-state index < -0.39 is 27.5 Å². The predicted molar refractivity (Wildman–Crippen MR) is 144 cm³/mol. The first-order valence-electron chi connectivity index (χ1n) is 11.7. The highest BCUT2D eigenvalue weighted by atomic mass is 35.5. The van der Waals surface area contributed by atoms with E-state index in [0.29, 0.717) is 5.56 Å². The summed E-state index contributed by atoms with van der Waals surface area (Å²) in [6, 6.07) is 8.88. The minimum atomic E-state index is -3.88. The Morgan fingerprint density at radius 2 is 1.87 bits per heavy atom. The van der Waals surface area contributed by atoms with E-state index in [1.807, 2.05) is 0 Å². The molecule has 13 heteroatoms. The first-order valence-corrected chi connectivity index (χ1v) is 13.5. The molecule has 1 aromatic heterocycles. The lowest BCUT2D eigenvalue weighted by Gasteiger charge is -2.22. The van der Waals surface area contributed by atoms with Gasteiger partial charge in [-0.1, -0.05) is 23.7 Å². The highest BCUT2D eigenvalue weighted by Gasteiger charge is 2.31. The molecule has 0 aliphatic heterocycles. The van der Waals surface area contributed by atoms with Gasteiger partial charge in [-0.25, -0.2) is 9.11 Å². The summed E-state index contributed by atoms with van der Waals surface area (Å²) < 4.78 is 50.4. The number of aryl methyl sites for hydroxylation is 1. The number of benzene rings is 2. The Labute approximate surface area is 224 Å². The lowest BCUT2D eigenvalue weighted by Crippen LogP contribution is -2.31. The Kier molecular flexibility index (Phi) is 7.68. The predicted octanol–water partition coefficient (Wildman–Crippen LogP) is 4.10. The summed E-state index contributed by atoms with van der Waals surface area (Å²) in [5, 5.41) is 5.67. The van der Waals surface area contributed by atoms with Gasteiger partial charge in [0, 0.05) is 20.1 Å². The minimum absolute atomic E-state index is 0.00717. The number of nitrogens with zero attached hydrogens (tertiary/aromatic N) is 1. The molecule has 4 rings (SSSR count). The van der Waals surface area contributed by atoms with Crippen LogP contribution in [0.5, 0.6) is 11.5 Å². The molecule has 202 valence electrons. The zero-order chi connectivity index (χ0) is 27.8. The van der Waals surface area contributed by atoms with Gasteiger partial charge in [-0.05, 0) is 56.5 Å². The fourth-order valence-electron chi connectivity index (χ4n) is 3.71. The summed E-state index contributed by atoms with van der Waals surface area (Å²) >= 11 is 6.45. The van der Waals surface area contributed by atoms with E-state index in [0.717, 1.165) is 12.8 Å². The second-order valence-electron chi connectivity index (χ2n) is 8.93. The number of amides is 1. The third kappa shape index (κ3) is 5.77. The Morgan fingerprint density at radius 1 is 1.16 bits per heavy atom. The van der Waals surface area contributed by atoms with Crippen molar-refractivity contribution in [2.45, 2.75) is 32.7 Å². The summed E-state index contributed by atoms with van der Waals surface area (Å²) in [6.45, 7) is 3.23.